The molecule has 0 unspecified atom stereocenters. The molecule has 20 heavy (non-hydrogen) atoms. The van der Waals surface area contributed by atoms with Crippen LogP contribution in [-0.4, -0.2) is 74.5 Å². The van der Waals surface area contributed by atoms with E-state index in [9.17, 15) is 0 Å². The minimum atomic E-state index is 0.297. The van der Waals surface area contributed by atoms with Crippen molar-refractivity contribution < 1.29 is 9.47 Å². The molecule has 4 nitrogen and oxygen atoms in total. The van der Waals surface area contributed by atoms with Gasteiger partial charge in [0.05, 0.1) is 25.4 Å². The van der Waals surface area contributed by atoms with E-state index in [1.165, 1.54) is 64.7 Å². The van der Waals surface area contributed by atoms with Gasteiger partial charge in [0.1, 0.15) is 0 Å². The minimum Gasteiger partial charge on any atom is -0.372 e. The van der Waals surface area contributed by atoms with Crippen molar-refractivity contribution >= 4 is 0 Å². The molecule has 0 aromatic heterocycles. The Bertz CT molecular complexity index is 240. The number of nitrogens with zero attached hydrogens (tertiary/aromatic N) is 2. The molecule has 0 bridgehead atoms. The van der Waals surface area contributed by atoms with Crippen LogP contribution in [0.3, 0.4) is 0 Å². The van der Waals surface area contributed by atoms with Gasteiger partial charge in [-0.05, 0) is 51.9 Å². The lowest BCUT2D eigenvalue weighted by molar-refractivity contribution is -0.146. The summed E-state index contributed by atoms with van der Waals surface area (Å²) < 4.78 is 12.1. The van der Waals surface area contributed by atoms with Crippen LogP contribution in [0.2, 0.25) is 0 Å². The zero-order valence-corrected chi connectivity index (χ0v) is 12.8. The van der Waals surface area contributed by atoms with Crippen LogP contribution in [0.1, 0.15) is 38.5 Å². The summed E-state index contributed by atoms with van der Waals surface area (Å²) in [4.78, 5) is 5.09. The average Bonchev–Trinajstić information content (AvgIpc) is 2.51. The fourth-order valence-corrected chi connectivity index (χ4v) is 3.65. The van der Waals surface area contributed by atoms with Crippen LogP contribution >= 0.6 is 0 Å². The smallest absolute Gasteiger partial charge is 0.0936 e. The molecule has 0 saturated carbocycles. The molecule has 0 aliphatic carbocycles. The SMILES string of the molecule is C1CCN(C[C@@H]2CO[C@H](CN3CCCCC3)CO2)CC1. The van der Waals surface area contributed by atoms with Crippen molar-refractivity contribution in [2.75, 3.05) is 52.5 Å². The summed E-state index contributed by atoms with van der Waals surface area (Å²) >= 11 is 0. The number of hydrogen-bond donors (Lipinski definition) is 0. The van der Waals surface area contributed by atoms with Gasteiger partial charge in [0.15, 0.2) is 0 Å². The third kappa shape index (κ3) is 4.42. The van der Waals surface area contributed by atoms with Crippen molar-refractivity contribution in [2.24, 2.45) is 0 Å². The number of rotatable bonds is 4. The third-order valence-corrected chi connectivity index (χ3v) is 4.86. The molecule has 2 atom stereocenters. The van der Waals surface area contributed by atoms with E-state index in [-0.39, 0.29) is 0 Å². The van der Waals surface area contributed by atoms with Crippen LogP contribution < -0.4 is 0 Å². The molecule has 3 aliphatic heterocycles. The molecule has 3 fully saturated rings. The number of piperidine rings is 2. The highest BCUT2D eigenvalue weighted by Crippen LogP contribution is 2.15. The molecule has 0 N–H and O–H groups in total. The molecule has 3 rings (SSSR count). The van der Waals surface area contributed by atoms with Gasteiger partial charge < -0.3 is 19.3 Å². The average molecular weight is 282 g/mol. The van der Waals surface area contributed by atoms with Crippen LogP contribution in [-0.2, 0) is 9.47 Å². The van der Waals surface area contributed by atoms with Crippen molar-refractivity contribution in [1.29, 1.82) is 0 Å². The maximum atomic E-state index is 6.04. The molecular weight excluding hydrogens is 252 g/mol. The highest BCUT2D eigenvalue weighted by molar-refractivity contribution is 4.76. The molecule has 0 radical (unpaired) electrons. The number of ether oxygens (including phenoxy) is 2. The first-order valence-electron chi connectivity index (χ1n) is 8.58. The van der Waals surface area contributed by atoms with E-state index >= 15 is 0 Å². The molecule has 116 valence electrons. The lowest BCUT2D eigenvalue weighted by Crippen LogP contribution is -2.48. The second kappa shape index (κ2) is 7.74. The molecule has 0 aromatic carbocycles. The largest absolute Gasteiger partial charge is 0.372 e. The summed E-state index contributed by atoms with van der Waals surface area (Å²) in [5.41, 5.74) is 0. The van der Waals surface area contributed by atoms with E-state index < -0.39 is 0 Å². The van der Waals surface area contributed by atoms with E-state index in [4.69, 9.17) is 9.47 Å². The minimum absolute atomic E-state index is 0.297. The first-order chi connectivity index (χ1) is 9.90. The number of hydrogen-bond acceptors (Lipinski definition) is 4. The fourth-order valence-electron chi connectivity index (χ4n) is 3.65. The maximum Gasteiger partial charge on any atom is 0.0936 e. The van der Waals surface area contributed by atoms with Gasteiger partial charge in [-0.15, -0.1) is 0 Å². The molecule has 0 amide bonds. The Morgan fingerprint density at radius 2 is 1.00 bits per heavy atom. The van der Waals surface area contributed by atoms with E-state index in [0.717, 1.165) is 26.3 Å². The van der Waals surface area contributed by atoms with E-state index in [2.05, 4.69) is 9.80 Å². The van der Waals surface area contributed by atoms with E-state index in [0.29, 0.717) is 12.2 Å². The Morgan fingerprint density at radius 3 is 1.35 bits per heavy atom. The zero-order valence-electron chi connectivity index (χ0n) is 12.8. The summed E-state index contributed by atoms with van der Waals surface area (Å²) in [6, 6.07) is 0. The van der Waals surface area contributed by atoms with Gasteiger partial charge in [-0.25, -0.2) is 0 Å². The predicted octanol–water partition coefficient (Wildman–Crippen LogP) is 1.74. The first kappa shape index (κ1) is 14.8. The Labute approximate surface area is 123 Å². The van der Waals surface area contributed by atoms with Gasteiger partial charge >= 0.3 is 0 Å². The second-order valence-electron chi connectivity index (χ2n) is 6.63. The standard InChI is InChI=1S/C16H30N2O2/c1-3-7-17(8-4-1)11-15-13-20-16(14-19-15)12-18-9-5-2-6-10-18/h15-16H,1-14H2/t15-,16-/m1/s1. The highest BCUT2D eigenvalue weighted by atomic mass is 16.6. The van der Waals surface area contributed by atoms with Gasteiger partial charge in [0.2, 0.25) is 0 Å². The summed E-state index contributed by atoms with van der Waals surface area (Å²) in [6.07, 6.45) is 8.80. The molecule has 0 aromatic rings. The topological polar surface area (TPSA) is 24.9 Å². The third-order valence-electron chi connectivity index (χ3n) is 4.86. The quantitative estimate of drug-likeness (QED) is 0.784. The van der Waals surface area contributed by atoms with E-state index in [1.807, 2.05) is 0 Å². The van der Waals surface area contributed by atoms with Gasteiger partial charge in [-0.3, -0.25) is 0 Å². The lowest BCUT2D eigenvalue weighted by atomic mass is 10.1. The Hall–Kier alpha value is -0.160. The Morgan fingerprint density at radius 1 is 0.600 bits per heavy atom. The highest BCUT2D eigenvalue weighted by Gasteiger charge is 2.26. The van der Waals surface area contributed by atoms with Gasteiger partial charge in [-0.2, -0.15) is 0 Å². The van der Waals surface area contributed by atoms with Gasteiger partial charge in [-0.1, -0.05) is 12.8 Å². The van der Waals surface area contributed by atoms with E-state index in [1.54, 1.807) is 0 Å². The zero-order chi connectivity index (χ0) is 13.6. The molecule has 3 aliphatic rings. The van der Waals surface area contributed by atoms with Crippen molar-refractivity contribution in [3.63, 3.8) is 0 Å². The molecule has 3 saturated heterocycles. The molecule has 4 heteroatoms. The van der Waals surface area contributed by atoms with Crippen molar-refractivity contribution in [1.82, 2.24) is 9.80 Å². The van der Waals surface area contributed by atoms with Crippen LogP contribution in [0.25, 0.3) is 0 Å². The monoisotopic (exact) mass is 282 g/mol. The van der Waals surface area contributed by atoms with Crippen LogP contribution in [0.4, 0.5) is 0 Å². The molecule has 3 heterocycles. The summed E-state index contributed by atoms with van der Waals surface area (Å²) in [5, 5.41) is 0. The normalized spacial score (nSPS) is 34.2. The van der Waals surface area contributed by atoms with Crippen LogP contribution in [0, 0.1) is 0 Å². The van der Waals surface area contributed by atoms with Crippen LogP contribution in [0.15, 0.2) is 0 Å². The predicted molar refractivity (Wildman–Crippen MR) is 80.1 cm³/mol. The van der Waals surface area contributed by atoms with Gasteiger partial charge in [0.25, 0.3) is 0 Å². The Balaban J connectivity index is 1.33. The van der Waals surface area contributed by atoms with Crippen molar-refractivity contribution in [2.45, 2.75) is 50.7 Å². The first-order valence-corrected chi connectivity index (χ1v) is 8.58. The summed E-state index contributed by atoms with van der Waals surface area (Å²) in [5.74, 6) is 0. The summed E-state index contributed by atoms with van der Waals surface area (Å²) in [7, 11) is 0. The lowest BCUT2D eigenvalue weighted by Gasteiger charge is -2.37. The fraction of sp³-hybridized carbons (Fsp3) is 1.00. The van der Waals surface area contributed by atoms with Crippen molar-refractivity contribution in [3.8, 4) is 0 Å². The second-order valence-corrected chi connectivity index (χ2v) is 6.63. The van der Waals surface area contributed by atoms with Crippen molar-refractivity contribution in [3.05, 3.63) is 0 Å². The summed E-state index contributed by atoms with van der Waals surface area (Å²) in [6.45, 7) is 8.69. The molecule has 0 spiro atoms. The Kier molecular flexibility index (Phi) is 5.71. The number of likely N-dealkylation sites (tertiary alicyclic amines) is 2. The molecular formula is C16H30N2O2. The van der Waals surface area contributed by atoms with Crippen LogP contribution in [0.5, 0.6) is 0 Å². The van der Waals surface area contributed by atoms with Gasteiger partial charge in [0, 0.05) is 13.1 Å². The maximum absolute atomic E-state index is 6.04.